The normalized spacial score (nSPS) is 12.0. The molecule has 6 nitrogen and oxygen atoms in total. The van der Waals surface area contributed by atoms with Gasteiger partial charge in [0.2, 0.25) is 0 Å². The molecule has 0 spiro atoms. The van der Waals surface area contributed by atoms with E-state index in [-0.39, 0.29) is 5.41 Å². The Kier molecular flexibility index (Phi) is 4.44. The first-order valence-corrected chi connectivity index (χ1v) is 8.34. The van der Waals surface area contributed by atoms with Crippen LogP contribution in [0.15, 0.2) is 35.8 Å². The Labute approximate surface area is 144 Å². The maximum atomic E-state index is 5.25. The summed E-state index contributed by atoms with van der Waals surface area (Å²) in [5.41, 5.74) is 3.71. The molecular weight excluding hydrogens is 322 g/mol. The molecule has 0 bridgehead atoms. The van der Waals surface area contributed by atoms with Crippen molar-refractivity contribution in [2.24, 2.45) is 5.10 Å². The molecule has 3 rings (SSSR count). The van der Waals surface area contributed by atoms with Crippen LogP contribution in [0.2, 0.25) is 0 Å². The molecular formula is C17H19N5OS. The number of nitrogens with one attached hydrogen (secondary N) is 1. The molecule has 3 aromatic rings. The summed E-state index contributed by atoms with van der Waals surface area (Å²) >= 11 is 1.68. The molecule has 3 aromatic heterocycles. The van der Waals surface area contributed by atoms with Gasteiger partial charge in [0, 0.05) is 11.1 Å². The molecule has 7 heteroatoms. The van der Waals surface area contributed by atoms with Gasteiger partial charge in [-0.05, 0) is 23.6 Å². The van der Waals surface area contributed by atoms with E-state index in [0.29, 0.717) is 17.3 Å². The van der Waals surface area contributed by atoms with Crippen LogP contribution in [-0.2, 0) is 5.41 Å². The fourth-order valence-corrected chi connectivity index (χ4v) is 3.20. The number of hydrazone groups is 1. The van der Waals surface area contributed by atoms with Crippen molar-refractivity contribution in [3.63, 3.8) is 0 Å². The summed E-state index contributed by atoms with van der Waals surface area (Å²) in [5, 5.41) is 5.21. The van der Waals surface area contributed by atoms with Crippen molar-refractivity contribution in [1.82, 2.24) is 15.0 Å². The molecule has 0 saturated carbocycles. The first kappa shape index (κ1) is 16.3. The molecule has 124 valence electrons. The fraction of sp³-hybridized carbons (Fsp3) is 0.294. The molecule has 0 fully saturated rings. The van der Waals surface area contributed by atoms with E-state index >= 15 is 0 Å². The summed E-state index contributed by atoms with van der Waals surface area (Å²) < 4.78 is 5.25. The first-order valence-electron chi connectivity index (χ1n) is 7.52. The molecule has 3 heterocycles. The lowest BCUT2D eigenvalue weighted by Gasteiger charge is -2.14. The Balaban J connectivity index is 1.88. The molecule has 24 heavy (non-hydrogen) atoms. The fourth-order valence-electron chi connectivity index (χ4n) is 2.14. The summed E-state index contributed by atoms with van der Waals surface area (Å²) in [5.74, 6) is 1.35. The highest BCUT2D eigenvalue weighted by molar-refractivity contribution is 7.18. The minimum Gasteiger partial charge on any atom is -0.494 e. The maximum Gasteiger partial charge on any atom is 0.158 e. The van der Waals surface area contributed by atoms with E-state index in [0.717, 1.165) is 10.2 Å². The molecule has 0 atom stereocenters. The molecule has 0 unspecified atom stereocenters. The summed E-state index contributed by atoms with van der Waals surface area (Å²) in [6.07, 6.45) is 4.86. The van der Waals surface area contributed by atoms with Crippen molar-refractivity contribution >= 4 is 33.6 Å². The van der Waals surface area contributed by atoms with Crippen LogP contribution >= 0.6 is 11.3 Å². The Morgan fingerprint density at radius 1 is 1.25 bits per heavy atom. The number of hydrogen-bond acceptors (Lipinski definition) is 7. The highest BCUT2D eigenvalue weighted by Gasteiger charge is 2.18. The largest absolute Gasteiger partial charge is 0.494 e. The van der Waals surface area contributed by atoms with Gasteiger partial charge in [-0.1, -0.05) is 20.8 Å². The van der Waals surface area contributed by atoms with Crippen molar-refractivity contribution in [2.45, 2.75) is 26.2 Å². The van der Waals surface area contributed by atoms with Crippen LogP contribution in [0.5, 0.6) is 5.75 Å². The highest BCUT2D eigenvalue weighted by Crippen LogP contribution is 2.35. The number of hydrogen-bond donors (Lipinski definition) is 1. The maximum absolute atomic E-state index is 5.25. The molecule has 0 aromatic carbocycles. The van der Waals surface area contributed by atoms with E-state index in [1.807, 2.05) is 12.1 Å². The minimum absolute atomic E-state index is 0.0766. The van der Waals surface area contributed by atoms with Gasteiger partial charge in [-0.3, -0.25) is 10.4 Å². The summed E-state index contributed by atoms with van der Waals surface area (Å²) in [6.45, 7) is 6.55. The number of pyridine rings is 1. The lowest BCUT2D eigenvalue weighted by atomic mass is 9.94. The van der Waals surface area contributed by atoms with Crippen LogP contribution in [0, 0.1) is 0 Å². The second kappa shape index (κ2) is 6.52. The second-order valence-electron chi connectivity index (χ2n) is 6.26. The third kappa shape index (κ3) is 3.35. The summed E-state index contributed by atoms with van der Waals surface area (Å²) in [4.78, 5) is 15.1. The predicted molar refractivity (Wildman–Crippen MR) is 98.1 cm³/mol. The van der Waals surface area contributed by atoms with E-state index in [2.05, 4.69) is 52.3 Å². The van der Waals surface area contributed by atoms with Gasteiger partial charge in [0.1, 0.15) is 22.6 Å². The van der Waals surface area contributed by atoms with Crippen LogP contribution in [0.3, 0.4) is 0 Å². The number of aromatic nitrogens is 3. The SMILES string of the molecule is COc1cccnc1C=NNc1ncnc2sc(C(C)(C)C)cc12. The predicted octanol–water partition coefficient (Wildman–Crippen LogP) is 3.84. The van der Waals surface area contributed by atoms with Crippen molar-refractivity contribution < 1.29 is 4.74 Å². The second-order valence-corrected chi connectivity index (χ2v) is 7.29. The third-order valence-electron chi connectivity index (χ3n) is 3.45. The van der Waals surface area contributed by atoms with Gasteiger partial charge >= 0.3 is 0 Å². The summed E-state index contributed by atoms with van der Waals surface area (Å²) in [7, 11) is 1.61. The van der Waals surface area contributed by atoms with Gasteiger partial charge in [0.15, 0.2) is 5.82 Å². The molecule has 0 aliphatic rings. The van der Waals surface area contributed by atoms with Gasteiger partial charge in [-0.2, -0.15) is 5.10 Å². The first-order chi connectivity index (χ1) is 11.5. The Bertz CT molecular complexity index is 882. The van der Waals surface area contributed by atoms with E-state index in [4.69, 9.17) is 4.74 Å². The molecule has 0 radical (unpaired) electrons. The zero-order valence-electron chi connectivity index (χ0n) is 14.1. The van der Waals surface area contributed by atoms with Gasteiger partial charge in [0.05, 0.1) is 18.7 Å². The zero-order chi connectivity index (χ0) is 17.2. The number of rotatable bonds is 4. The monoisotopic (exact) mass is 341 g/mol. The van der Waals surface area contributed by atoms with E-state index in [1.54, 1.807) is 37.2 Å². The standard InChI is InChI=1S/C17H19N5OS/c1-17(2,3)14-8-11-15(19-10-20-16(11)24-14)22-21-9-12-13(23-4)6-5-7-18-12/h5-10H,1-4H3,(H,19,20,22). The number of anilines is 1. The number of fused-ring (bicyclic) bond motifs is 1. The molecule has 0 aliphatic heterocycles. The van der Waals surface area contributed by atoms with Gasteiger partial charge in [-0.15, -0.1) is 11.3 Å². The van der Waals surface area contributed by atoms with Crippen molar-refractivity contribution in [2.75, 3.05) is 12.5 Å². The topological polar surface area (TPSA) is 72.3 Å². The zero-order valence-corrected chi connectivity index (χ0v) is 14.9. The lowest BCUT2D eigenvalue weighted by molar-refractivity contribution is 0.412. The number of methoxy groups -OCH3 is 1. The lowest BCUT2D eigenvalue weighted by Crippen LogP contribution is -2.07. The van der Waals surface area contributed by atoms with Gasteiger partial charge in [-0.25, -0.2) is 9.97 Å². The van der Waals surface area contributed by atoms with Crippen LogP contribution in [0.4, 0.5) is 5.82 Å². The Morgan fingerprint density at radius 3 is 2.83 bits per heavy atom. The van der Waals surface area contributed by atoms with Crippen LogP contribution < -0.4 is 10.2 Å². The summed E-state index contributed by atoms with van der Waals surface area (Å²) in [6, 6.07) is 5.78. The van der Waals surface area contributed by atoms with E-state index < -0.39 is 0 Å². The van der Waals surface area contributed by atoms with Gasteiger partial charge < -0.3 is 4.74 Å². The van der Waals surface area contributed by atoms with Crippen molar-refractivity contribution in [3.05, 3.63) is 41.3 Å². The highest BCUT2D eigenvalue weighted by atomic mass is 32.1. The van der Waals surface area contributed by atoms with Crippen LogP contribution in [0.1, 0.15) is 31.3 Å². The molecule has 1 N–H and O–H groups in total. The average Bonchev–Trinajstić information content (AvgIpc) is 3.01. The molecule has 0 amide bonds. The van der Waals surface area contributed by atoms with Crippen LogP contribution in [0.25, 0.3) is 10.2 Å². The number of thiophene rings is 1. The van der Waals surface area contributed by atoms with E-state index in [9.17, 15) is 0 Å². The Morgan fingerprint density at radius 2 is 2.08 bits per heavy atom. The average molecular weight is 341 g/mol. The molecule has 0 saturated heterocycles. The van der Waals surface area contributed by atoms with Crippen LogP contribution in [-0.4, -0.2) is 28.3 Å². The van der Waals surface area contributed by atoms with Crippen molar-refractivity contribution in [3.8, 4) is 5.75 Å². The number of ether oxygens (including phenoxy) is 1. The third-order valence-corrected chi connectivity index (χ3v) is 4.91. The molecule has 0 aliphatic carbocycles. The van der Waals surface area contributed by atoms with Gasteiger partial charge in [0.25, 0.3) is 0 Å². The smallest absolute Gasteiger partial charge is 0.158 e. The van der Waals surface area contributed by atoms with Crippen molar-refractivity contribution in [1.29, 1.82) is 0 Å². The Hall–Kier alpha value is -2.54. The minimum atomic E-state index is 0.0766. The number of nitrogens with zero attached hydrogens (tertiary/aromatic N) is 4. The van der Waals surface area contributed by atoms with E-state index in [1.165, 1.54) is 4.88 Å². The quantitative estimate of drug-likeness (QED) is 0.576.